The quantitative estimate of drug-likeness (QED) is 0.554. The molecular weight excluding hydrogens is 398 g/mol. The summed E-state index contributed by atoms with van der Waals surface area (Å²) < 4.78 is 30.6. The molecule has 6 heteroatoms. The van der Waals surface area contributed by atoms with Crippen molar-refractivity contribution in [2.24, 2.45) is 0 Å². The molecule has 0 radical (unpaired) electrons. The number of aryl methyl sites for hydroxylation is 4. The zero-order valence-corrected chi connectivity index (χ0v) is 18.3. The normalized spacial score (nSPS) is 11.2. The lowest BCUT2D eigenvalue weighted by Gasteiger charge is -2.13. The third-order valence-electron chi connectivity index (χ3n) is 4.91. The highest BCUT2D eigenvalue weighted by Gasteiger charge is 2.20. The van der Waals surface area contributed by atoms with Crippen molar-refractivity contribution in [3.05, 3.63) is 88.5 Å². The maximum atomic E-state index is 12.7. The van der Waals surface area contributed by atoms with Gasteiger partial charge in [0, 0.05) is 11.3 Å². The van der Waals surface area contributed by atoms with Gasteiger partial charge in [0.1, 0.15) is 10.6 Å². The van der Waals surface area contributed by atoms with E-state index in [-0.39, 0.29) is 16.6 Å². The predicted octanol–water partition coefficient (Wildman–Crippen LogP) is 5.19. The molecule has 3 rings (SSSR count). The van der Waals surface area contributed by atoms with Crippen molar-refractivity contribution < 1.29 is 17.4 Å². The Kier molecular flexibility index (Phi) is 6.27. The summed E-state index contributed by atoms with van der Waals surface area (Å²) in [6.07, 6.45) is 0.806. The lowest BCUT2D eigenvalue weighted by Crippen LogP contribution is -2.15. The zero-order valence-electron chi connectivity index (χ0n) is 17.5. The fourth-order valence-corrected chi connectivity index (χ4v) is 4.44. The highest BCUT2D eigenvalue weighted by Crippen LogP contribution is 2.24. The Morgan fingerprint density at radius 3 is 2.30 bits per heavy atom. The summed E-state index contributed by atoms with van der Waals surface area (Å²) in [5.41, 5.74) is 4.71. The second-order valence-corrected chi connectivity index (χ2v) is 8.76. The van der Waals surface area contributed by atoms with E-state index in [9.17, 15) is 13.2 Å². The molecule has 0 unspecified atom stereocenters. The van der Waals surface area contributed by atoms with Crippen LogP contribution in [0, 0.1) is 20.8 Å². The van der Waals surface area contributed by atoms with E-state index in [4.69, 9.17) is 4.18 Å². The van der Waals surface area contributed by atoms with Crippen LogP contribution in [0.3, 0.4) is 0 Å². The van der Waals surface area contributed by atoms with Crippen molar-refractivity contribution in [1.82, 2.24) is 0 Å². The van der Waals surface area contributed by atoms with Gasteiger partial charge in [0.2, 0.25) is 0 Å². The first kappa shape index (κ1) is 21.6. The van der Waals surface area contributed by atoms with Gasteiger partial charge < -0.3 is 9.50 Å². The fourth-order valence-electron chi connectivity index (χ4n) is 3.20. The summed E-state index contributed by atoms with van der Waals surface area (Å²) in [7, 11) is -3.96. The molecule has 0 bridgehead atoms. The van der Waals surface area contributed by atoms with Crippen LogP contribution in [-0.2, 0) is 16.5 Å². The van der Waals surface area contributed by atoms with Gasteiger partial charge in [-0.05, 0) is 79.8 Å². The molecule has 3 aromatic rings. The van der Waals surface area contributed by atoms with Gasteiger partial charge in [0.15, 0.2) is 0 Å². The van der Waals surface area contributed by atoms with E-state index in [0.29, 0.717) is 11.1 Å². The van der Waals surface area contributed by atoms with Crippen molar-refractivity contribution in [3.63, 3.8) is 0 Å². The molecule has 0 atom stereocenters. The van der Waals surface area contributed by atoms with Crippen LogP contribution in [0.5, 0.6) is 5.75 Å². The first-order chi connectivity index (χ1) is 14.2. The number of benzene rings is 3. The Balaban J connectivity index is 1.78. The van der Waals surface area contributed by atoms with Gasteiger partial charge in [-0.1, -0.05) is 37.3 Å². The first-order valence-electron chi connectivity index (χ1n) is 9.73. The van der Waals surface area contributed by atoms with Crippen LogP contribution in [0.15, 0.2) is 65.6 Å². The lowest BCUT2D eigenvalue weighted by atomic mass is 10.1. The number of carbonyl (C=O) groups excluding carboxylic acids is 1. The van der Waals surface area contributed by atoms with Crippen molar-refractivity contribution >= 4 is 21.7 Å². The molecule has 5 nitrogen and oxygen atoms in total. The van der Waals surface area contributed by atoms with Gasteiger partial charge in [-0.2, -0.15) is 8.42 Å². The topological polar surface area (TPSA) is 72.5 Å². The average molecular weight is 424 g/mol. The van der Waals surface area contributed by atoms with Gasteiger partial charge in [-0.3, -0.25) is 4.79 Å². The molecule has 1 N–H and O–H groups in total. The minimum Gasteiger partial charge on any atom is -0.379 e. The second kappa shape index (κ2) is 8.71. The first-order valence-corrected chi connectivity index (χ1v) is 11.1. The van der Waals surface area contributed by atoms with E-state index < -0.39 is 10.1 Å². The lowest BCUT2D eigenvalue weighted by molar-refractivity contribution is 0.102. The SMILES string of the molecule is CCc1cccc(C)c1NC(=O)c1ccc(OS(=O)(=O)c2cc(C)ccc2C)cc1. The van der Waals surface area contributed by atoms with Gasteiger partial charge in [-0.15, -0.1) is 0 Å². The van der Waals surface area contributed by atoms with E-state index >= 15 is 0 Å². The Labute approximate surface area is 177 Å². The molecule has 0 aliphatic heterocycles. The van der Waals surface area contributed by atoms with Crippen molar-refractivity contribution in [3.8, 4) is 5.75 Å². The number of amides is 1. The summed E-state index contributed by atoms with van der Waals surface area (Å²) in [6.45, 7) is 7.53. The van der Waals surface area contributed by atoms with E-state index in [2.05, 4.69) is 5.32 Å². The number of para-hydroxylation sites is 1. The smallest absolute Gasteiger partial charge is 0.339 e. The molecule has 30 heavy (non-hydrogen) atoms. The third-order valence-corrected chi connectivity index (χ3v) is 6.30. The number of hydrogen-bond donors (Lipinski definition) is 1. The van der Waals surface area contributed by atoms with Gasteiger partial charge >= 0.3 is 10.1 Å². The van der Waals surface area contributed by atoms with Gasteiger partial charge in [0.25, 0.3) is 5.91 Å². The molecule has 0 heterocycles. The van der Waals surface area contributed by atoms with Crippen LogP contribution in [0.25, 0.3) is 0 Å². The minimum absolute atomic E-state index is 0.135. The summed E-state index contributed by atoms with van der Waals surface area (Å²) in [5.74, 6) is -0.111. The van der Waals surface area contributed by atoms with E-state index in [0.717, 1.165) is 28.8 Å². The second-order valence-electron chi connectivity index (χ2n) is 7.25. The Morgan fingerprint density at radius 1 is 0.933 bits per heavy atom. The Bertz CT molecular complexity index is 1180. The molecule has 1 amide bonds. The zero-order chi connectivity index (χ0) is 21.9. The number of carbonyl (C=O) groups is 1. The van der Waals surface area contributed by atoms with Crippen LogP contribution in [0.2, 0.25) is 0 Å². The van der Waals surface area contributed by atoms with Gasteiger partial charge in [0.05, 0.1) is 0 Å². The monoisotopic (exact) mass is 423 g/mol. The fraction of sp³-hybridized carbons (Fsp3) is 0.208. The molecule has 0 aliphatic rings. The van der Waals surface area contributed by atoms with E-state index in [1.807, 2.05) is 45.0 Å². The molecule has 0 aromatic heterocycles. The number of nitrogens with one attached hydrogen (secondary N) is 1. The number of anilines is 1. The molecule has 0 saturated heterocycles. The van der Waals surface area contributed by atoms with Gasteiger partial charge in [-0.25, -0.2) is 0 Å². The molecule has 156 valence electrons. The van der Waals surface area contributed by atoms with Crippen LogP contribution >= 0.6 is 0 Å². The summed E-state index contributed by atoms with van der Waals surface area (Å²) in [5, 5.41) is 2.96. The van der Waals surface area contributed by atoms with Crippen LogP contribution in [0.1, 0.15) is 39.5 Å². The van der Waals surface area contributed by atoms with Crippen molar-refractivity contribution in [2.45, 2.75) is 39.0 Å². The molecule has 0 spiro atoms. The summed E-state index contributed by atoms with van der Waals surface area (Å²) >= 11 is 0. The number of hydrogen-bond acceptors (Lipinski definition) is 4. The third kappa shape index (κ3) is 4.71. The van der Waals surface area contributed by atoms with Crippen molar-refractivity contribution in [2.75, 3.05) is 5.32 Å². The van der Waals surface area contributed by atoms with Crippen molar-refractivity contribution in [1.29, 1.82) is 0 Å². The highest BCUT2D eigenvalue weighted by atomic mass is 32.2. The van der Waals surface area contributed by atoms with Crippen LogP contribution in [-0.4, -0.2) is 14.3 Å². The van der Waals surface area contributed by atoms with Crippen LogP contribution < -0.4 is 9.50 Å². The highest BCUT2D eigenvalue weighted by molar-refractivity contribution is 7.87. The van der Waals surface area contributed by atoms with E-state index in [1.54, 1.807) is 31.2 Å². The Hall–Kier alpha value is -3.12. The largest absolute Gasteiger partial charge is 0.379 e. The maximum Gasteiger partial charge on any atom is 0.339 e. The minimum atomic E-state index is -3.96. The molecule has 0 saturated carbocycles. The molecular formula is C24H25NO4S. The summed E-state index contributed by atoms with van der Waals surface area (Å²) in [6, 6.07) is 17.1. The Morgan fingerprint density at radius 2 is 1.63 bits per heavy atom. The maximum absolute atomic E-state index is 12.7. The standard InChI is InChI=1S/C24H25NO4S/c1-5-19-8-6-7-18(4)23(19)25-24(26)20-11-13-21(14-12-20)29-30(27,28)22-15-16(2)9-10-17(22)3/h6-15H,5H2,1-4H3,(H,25,26). The van der Waals surface area contributed by atoms with Crippen LogP contribution in [0.4, 0.5) is 5.69 Å². The molecule has 3 aromatic carbocycles. The van der Waals surface area contributed by atoms with E-state index in [1.165, 1.54) is 12.1 Å². The molecule has 0 aliphatic carbocycles. The summed E-state index contributed by atoms with van der Waals surface area (Å²) in [4.78, 5) is 12.8. The predicted molar refractivity (Wildman–Crippen MR) is 119 cm³/mol. The molecule has 0 fully saturated rings. The average Bonchev–Trinajstić information content (AvgIpc) is 2.71. The number of rotatable bonds is 6.